The van der Waals surface area contributed by atoms with E-state index in [2.05, 4.69) is 12.2 Å². The molecule has 0 saturated heterocycles. The lowest BCUT2D eigenvalue weighted by Crippen LogP contribution is -2.50. The average molecular weight is 353 g/mol. The number of aromatic nitrogens is 1. The van der Waals surface area contributed by atoms with Crippen LogP contribution in [0.25, 0.3) is 5.70 Å². The van der Waals surface area contributed by atoms with E-state index in [1.165, 1.54) is 0 Å². The van der Waals surface area contributed by atoms with Crippen LogP contribution in [0.4, 0.5) is 0 Å². The maximum atomic E-state index is 12.8. The van der Waals surface area contributed by atoms with Crippen LogP contribution < -0.4 is 15.9 Å². The van der Waals surface area contributed by atoms with Crippen LogP contribution in [0.2, 0.25) is 0 Å². The van der Waals surface area contributed by atoms with Gasteiger partial charge in [0.15, 0.2) is 11.3 Å². The molecular formula is C18H19N5OS. The minimum Gasteiger partial charge on any atom is -0.351 e. The molecule has 6 nitrogen and oxygen atoms in total. The molecule has 1 aromatic carbocycles. The SMILES string of the molecule is CCCSC1=NN2C(=c3ccccc3=N[C@H]2c2cccn2C)C(=O)N1. The van der Waals surface area contributed by atoms with Gasteiger partial charge < -0.3 is 4.57 Å². The van der Waals surface area contributed by atoms with Gasteiger partial charge in [0.1, 0.15) is 5.70 Å². The summed E-state index contributed by atoms with van der Waals surface area (Å²) >= 11 is 1.56. The molecule has 1 N–H and O–H groups in total. The highest BCUT2D eigenvalue weighted by Crippen LogP contribution is 2.30. The maximum absolute atomic E-state index is 12.8. The smallest absolute Gasteiger partial charge is 0.276 e. The molecule has 4 rings (SSSR count). The van der Waals surface area contributed by atoms with Crippen molar-refractivity contribution in [3.63, 3.8) is 0 Å². The molecular weight excluding hydrogens is 334 g/mol. The van der Waals surface area contributed by atoms with Gasteiger partial charge in [-0.1, -0.05) is 36.9 Å². The summed E-state index contributed by atoms with van der Waals surface area (Å²) in [6.45, 7) is 2.11. The zero-order valence-electron chi connectivity index (χ0n) is 14.1. The second-order valence-electron chi connectivity index (χ2n) is 5.96. The molecule has 128 valence electrons. The van der Waals surface area contributed by atoms with Crippen molar-refractivity contribution < 1.29 is 4.79 Å². The third-order valence-corrected chi connectivity index (χ3v) is 5.28. The lowest BCUT2D eigenvalue weighted by atomic mass is 10.1. The Morgan fingerprint density at radius 3 is 2.84 bits per heavy atom. The number of carbonyl (C=O) groups excluding carboxylic acids is 1. The van der Waals surface area contributed by atoms with Crippen molar-refractivity contribution in [2.45, 2.75) is 19.5 Å². The van der Waals surface area contributed by atoms with Gasteiger partial charge in [-0.25, -0.2) is 5.01 Å². The molecule has 1 aromatic heterocycles. The van der Waals surface area contributed by atoms with Gasteiger partial charge in [-0.2, -0.15) is 0 Å². The van der Waals surface area contributed by atoms with Crippen molar-refractivity contribution in [1.29, 1.82) is 0 Å². The second-order valence-corrected chi connectivity index (χ2v) is 7.05. The normalized spacial score (nSPS) is 18.9. The van der Waals surface area contributed by atoms with Crippen LogP contribution in [0.5, 0.6) is 0 Å². The molecule has 0 radical (unpaired) electrons. The van der Waals surface area contributed by atoms with Crippen LogP contribution >= 0.6 is 11.8 Å². The Balaban J connectivity index is 1.91. The van der Waals surface area contributed by atoms with E-state index in [0.717, 1.165) is 28.4 Å². The van der Waals surface area contributed by atoms with E-state index in [9.17, 15) is 4.79 Å². The Labute approximate surface area is 149 Å². The summed E-state index contributed by atoms with van der Waals surface area (Å²) in [6.07, 6.45) is 2.64. The van der Waals surface area contributed by atoms with Gasteiger partial charge in [0.25, 0.3) is 5.91 Å². The predicted molar refractivity (Wildman–Crippen MR) is 99.0 cm³/mol. The number of nitrogens with one attached hydrogen (secondary N) is 1. The molecule has 2 aliphatic rings. The van der Waals surface area contributed by atoms with E-state index in [1.807, 2.05) is 54.2 Å². The highest BCUT2D eigenvalue weighted by Gasteiger charge is 2.35. The molecule has 1 atom stereocenters. The molecule has 2 aromatic rings. The number of aryl methyl sites for hydroxylation is 1. The van der Waals surface area contributed by atoms with Crippen molar-refractivity contribution >= 4 is 28.5 Å². The molecule has 0 spiro atoms. The standard InChI is InChI=1S/C18H19N5OS/c1-3-11-25-18-20-17(24)15-12-7-4-5-8-13(12)19-16(23(15)21-18)14-9-6-10-22(14)2/h4-10,16H,3,11H2,1-2H3,(H,20,21,24)/t16-/m1/s1. The maximum Gasteiger partial charge on any atom is 0.276 e. The Hall–Kier alpha value is -2.54. The summed E-state index contributed by atoms with van der Waals surface area (Å²) in [4.78, 5) is 17.7. The average Bonchev–Trinajstić information content (AvgIpc) is 3.04. The largest absolute Gasteiger partial charge is 0.351 e. The molecule has 1 amide bonds. The van der Waals surface area contributed by atoms with Gasteiger partial charge in [-0.3, -0.25) is 15.1 Å². The Morgan fingerprint density at radius 2 is 2.08 bits per heavy atom. The Bertz CT molecular complexity index is 977. The van der Waals surface area contributed by atoms with Gasteiger partial charge in [0, 0.05) is 24.2 Å². The van der Waals surface area contributed by atoms with Crippen molar-refractivity contribution in [2.75, 3.05) is 5.75 Å². The number of rotatable bonds is 3. The van der Waals surface area contributed by atoms with Crippen LogP contribution in [0, 0.1) is 0 Å². The van der Waals surface area contributed by atoms with E-state index in [-0.39, 0.29) is 12.1 Å². The summed E-state index contributed by atoms with van der Waals surface area (Å²) in [5.41, 5.74) is 1.54. The number of amides is 1. The first-order chi connectivity index (χ1) is 12.2. The number of benzene rings is 1. The summed E-state index contributed by atoms with van der Waals surface area (Å²) in [6, 6.07) is 11.7. The van der Waals surface area contributed by atoms with Gasteiger partial charge in [0.05, 0.1) is 11.1 Å². The number of thioether (sulfide) groups is 1. The van der Waals surface area contributed by atoms with Gasteiger partial charge in [-0.05, 0) is 24.6 Å². The Kier molecular flexibility index (Phi) is 4.09. The van der Waals surface area contributed by atoms with E-state index in [4.69, 9.17) is 10.1 Å². The van der Waals surface area contributed by atoms with E-state index < -0.39 is 0 Å². The van der Waals surface area contributed by atoms with E-state index >= 15 is 0 Å². The van der Waals surface area contributed by atoms with Crippen molar-refractivity contribution in [3.8, 4) is 0 Å². The highest BCUT2D eigenvalue weighted by molar-refractivity contribution is 8.13. The number of fused-ring (bicyclic) bond motifs is 2. The lowest BCUT2D eigenvalue weighted by Gasteiger charge is -2.34. The molecule has 0 unspecified atom stereocenters. The summed E-state index contributed by atoms with van der Waals surface area (Å²) < 4.78 is 2.01. The summed E-state index contributed by atoms with van der Waals surface area (Å²) in [5, 5.41) is 11.6. The number of carbonyl (C=O) groups is 1. The highest BCUT2D eigenvalue weighted by atomic mass is 32.2. The second kappa shape index (κ2) is 6.40. The number of hydrogen-bond donors (Lipinski definition) is 1. The predicted octanol–water partition coefficient (Wildman–Crippen LogP) is 1.31. The van der Waals surface area contributed by atoms with Crippen molar-refractivity contribution in [2.24, 2.45) is 17.1 Å². The number of hydrogen-bond acceptors (Lipinski definition) is 5. The third-order valence-electron chi connectivity index (χ3n) is 4.21. The first-order valence-corrected chi connectivity index (χ1v) is 9.28. The molecule has 0 fully saturated rings. The molecule has 3 heterocycles. The number of nitrogens with zero attached hydrogens (tertiary/aromatic N) is 4. The minimum absolute atomic E-state index is 0.129. The topological polar surface area (TPSA) is 62.0 Å². The van der Waals surface area contributed by atoms with Crippen molar-refractivity contribution in [3.05, 3.63) is 58.9 Å². The quantitative estimate of drug-likeness (QED) is 0.905. The molecule has 25 heavy (non-hydrogen) atoms. The lowest BCUT2D eigenvalue weighted by molar-refractivity contribution is -0.116. The number of amidine groups is 1. The van der Waals surface area contributed by atoms with Gasteiger partial charge in [-0.15, -0.1) is 5.10 Å². The molecule has 0 saturated carbocycles. The van der Waals surface area contributed by atoms with Crippen LogP contribution in [-0.2, 0) is 11.8 Å². The van der Waals surface area contributed by atoms with Gasteiger partial charge >= 0.3 is 0 Å². The molecule has 0 bridgehead atoms. The Morgan fingerprint density at radius 1 is 1.24 bits per heavy atom. The monoisotopic (exact) mass is 353 g/mol. The zero-order chi connectivity index (χ0) is 17.4. The molecule has 0 aliphatic carbocycles. The summed E-state index contributed by atoms with van der Waals surface area (Å²) in [7, 11) is 1.98. The fourth-order valence-electron chi connectivity index (χ4n) is 3.03. The van der Waals surface area contributed by atoms with Crippen LogP contribution in [0.1, 0.15) is 25.2 Å². The molecule has 7 heteroatoms. The first-order valence-electron chi connectivity index (χ1n) is 8.29. The van der Waals surface area contributed by atoms with E-state index in [0.29, 0.717) is 10.9 Å². The fourth-order valence-corrected chi connectivity index (χ4v) is 3.73. The van der Waals surface area contributed by atoms with Gasteiger partial charge in [0.2, 0.25) is 0 Å². The number of para-hydroxylation sites is 1. The third kappa shape index (κ3) is 2.74. The zero-order valence-corrected chi connectivity index (χ0v) is 15.0. The van der Waals surface area contributed by atoms with Crippen molar-refractivity contribution in [1.82, 2.24) is 14.9 Å². The fraction of sp³-hybridized carbons (Fsp3) is 0.278. The summed E-state index contributed by atoms with van der Waals surface area (Å²) in [5.74, 6) is 0.778. The van der Waals surface area contributed by atoms with Crippen LogP contribution in [0.3, 0.4) is 0 Å². The van der Waals surface area contributed by atoms with E-state index in [1.54, 1.807) is 16.8 Å². The van der Waals surface area contributed by atoms with Crippen LogP contribution in [0.15, 0.2) is 52.7 Å². The number of hydrazone groups is 1. The van der Waals surface area contributed by atoms with Crippen LogP contribution in [-0.4, -0.2) is 26.4 Å². The first kappa shape index (κ1) is 16.0. The minimum atomic E-state index is -0.354. The molecule has 2 aliphatic heterocycles.